The number of aliphatic carboxylic acids is 1. The first kappa shape index (κ1) is 20.7. The van der Waals surface area contributed by atoms with E-state index in [1.54, 1.807) is 0 Å². The Hall–Kier alpha value is -2.61. The quantitative estimate of drug-likeness (QED) is 0.793. The molecule has 0 radical (unpaired) electrons. The van der Waals surface area contributed by atoms with Gasteiger partial charge < -0.3 is 24.2 Å². The minimum atomic E-state index is -0.833. The molecule has 0 saturated carbocycles. The molecule has 2 heterocycles. The summed E-state index contributed by atoms with van der Waals surface area (Å²) in [6.45, 7) is 4.88. The van der Waals surface area contributed by atoms with Gasteiger partial charge in [0.1, 0.15) is 12.3 Å². The van der Waals surface area contributed by atoms with Gasteiger partial charge >= 0.3 is 11.9 Å². The standard InChI is InChI=1S/C17H21NO5.C2H4O2/c1-11(19)22-15-9-17(21-10-16(15)23-12(2)20)18-8-7-13-5-3-4-6-14(13)18;1-2(3)4/h3-6,15-17H,7-10H2,1-2H3;1H3,(H,3,4). The van der Waals surface area contributed by atoms with Crippen molar-refractivity contribution in [3.8, 4) is 0 Å². The molecule has 0 aromatic heterocycles. The van der Waals surface area contributed by atoms with Crippen LogP contribution in [0.1, 0.15) is 32.8 Å². The number of ether oxygens (including phenoxy) is 3. The van der Waals surface area contributed by atoms with Crippen molar-refractivity contribution in [2.45, 2.75) is 52.0 Å². The van der Waals surface area contributed by atoms with E-state index in [9.17, 15) is 9.59 Å². The Kier molecular flexibility index (Phi) is 7.18. The summed E-state index contributed by atoms with van der Waals surface area (Å²) in [7, 11) is 0. The number of nitrogens with zero attached hydrogens (tertiary/aromatic N) is 1. The van der Waals surface area contributed by atoms with E-state index in [4.69, 9.17) is 24.1 Å². The minimum absolute atomic E-state index is 0.185. The molecule has 2 aliphatic heterocycles. The Balaban J connectivity index is 0.000000596. The average Bonchev–Trinajstić information content (AvgIpc) is 2.99. The lowest BCUT2D eigenvalue weighted by atomic mass is 10.1. The van der Waals surface area contributed by atoms with Crippen molar-refractivity contribution < 1.29 is 33.7 Å². The topological polar surface area (TPSA) is 102 Å². The number of benzene rings is 1. The number of anilines is 1. The first-order valence-corrected chi connectivity index (χ1v) is 8.78. The molecule has 0 spiro atoms. The molecule has 1 aromatic carbocycles. The SMILES string of the molecule is CC(=O)O.CC(=O)OC1COC(N2CCc3ccccc32)CC1OC(C)=O. The molecule has 3 atom stereocenters. The number of para-hydroxylation sites is 1. The van der Waals surface area contributed by atoms with Gasteiger partial charge in [0.2, 0.25) is 0 Å². The number of rotatable bonds is 3. The van der Waals surface area contributed by atoms with Crippen molar-refractivity contribution in [2.75, 3.05) is 18.1 Å². The van der Waals surface area contributed by atoms with Gasteiger partial charge in [-0.3, -0.25) is 14.4 Å². The zero-order chi connectivity index (χ0) is 20.0. The number of hydrogen-bond donors (Lipinski definition) is 1. The monoisotopic (exact) mass is 379 g/mol. The molecule has 3 unspecified atom stereocenters. The Morgan fingerprint density at radius 3 is 2.30 bits per heavy atom. The fourth-order valence-electron chi connectivity index (χ4n) is 3.27. The zero-order valence-electron chi connectivity index (χ0n) is 15.7. The van der Waals surface area contributed by atoms with E-state index in [1.165, 1.54) is 19.4 Å². The number of carboxylic acids is 1. The zero-order valence-corrected chi connectivity index (χ0v) is 15.7. The van der Waals surface area contributed by atoms with Crippen LogP contribution in [0.5, 0.6) is 0 Å². The first-order chi connectivity index (χ1) is 12.8. The Morgan fingerprint density at radius 1 is 1.07 bits per heavy atom. The molecule has 27 heavy (non-hydrogen) atoms. The number of carbonyl (C=O) groups is 3. The van der Waals surface area contributed by atoms with Gasteiger partial charge in [-0.2, -0.15) is 0 Å². The van der Waals surface area contributed by atoms with Gasteiger partial charge in [-0.05, 0) is 18.1 Å². The smallest absolute Gasteiger partial charge is 0.303 e. The van der Waals surface area contributed by atoms with E-state index in [-0.39, 0.29) is 18.8 Å². The number of carboxylic acid groups (broad SMARTS) is 1. The van der Waals surface area contributed by atoms with Gasteiger partial charge in [-0.1, -0.05) is 18.2 Å². The lowest BCUT2D eigenvalue weighted by Gasteiger charge is -2.39. The molecule has 1 saturated heterocycles. The molecule has 1 N–H and O–H groups in total. The van der Waals surface area contributed by atoms with Crippen LogP contribution in [-0.2, 0) is 35.0 Å². The highest BCUT2D eigenvalue weighted by molar-refractivity contribution is 5.67. The lowest BCUT2D eigenvalue weighted by molar-refractivity contribution is -0.187. The van der Waals surface area contributed by atoms with E-state index >= 15 is 0 Å². The van der Waals surface area contributed by atoms with Gasteiger partial charge in [0, 0.05) is 39.4 Å². The highest BCUT2D eigenvalue weighted by atomic mass is 16.6. The van der Waals surface area contributed by atoms with Gasteiger partial charge in [0.15, 0.2) is 6.10 Å². The van der Waals surface area contributed by atoms with Crippen LogP contribution in [0.3, 0.4) is 0 Å². The van der Waals surface area contributed by atoms with Crippen LogP contribution in [0, 0.1) is 0 Å². The molecule has 0 bridgehead atoms. The summed E-state index contributed by atoms with van der Waals surface area (Å²) >= 11 is 0. The Bertz CT molecular complexity index is 686. The molecule has 1 fully saturated rings. The third-order valence-corrected chi connectivity index (χ3v) is 4.21. The molecule has 8 heteroatoms. The van der Waals surface area contributed by atoms with Gasteiger partial charge in [0.05, 0.1) is 6.61 Å². The van der Waals surface area contributed by atoms with Gasteiger partial charge in [-0.15, -0.1) is 0 Å². The van der Waals surface area contributed by atoms with Crippen LogP contribution in [0.25, 0.3) is 0 Å². The fraction of sp³-hybridized carbons (Fsp3) is 0.526. The molecule has 8 nitrogen and oxygen atoms in total. The summed E-state index contributed by atoms with van der Waals surface area (Å²) in [6.07, 6.45) is 0.233. The average molecular weight is 379 g/mol. The summed E-state index contributed by atoms with van der Waals surface area (Å²) in [5.41, 5.74) is 2.45. The van der Waals surface area contributed by atoms with Crippen molar-refractivity contribution in [3.05, 3.63) is 29.8 Å². The number of hydrogen-bond acceptors (Lipinski definition) is 7. The minimum Gasteiger partial charge on any atom is -0.481 e. The van der Waals surface area contributed by atoms with Crippen molar-refractivity contribution >= 4 is 23.6 Å². The summed E-state index contributed by atoms with van der Waals surface area (Å²) in [5.74, 6) is -1.62. The molecule has 0 amide bonds. The second-order valence-corrected chi connectivity index (χ2v) is 6.41. The molecular formula is C19H25NO7. The van der Waals surface area contributed by atoms with E-state index < -0.39 is 24.1 Å². The van der Waals surface area contributed by atoms with Crippen LogP contribution in [0.4, 0.5) is 5.69 Å². The van der Waals surface area contributed by atoms with E-state index in [0.29, 0.717) is 6.42 Å². The second kappa shape index (κ2) is 9.36. The fourth-order valence-corrected chi connectivity index (χ4v) is 3.27. The number of carbonyl (C=O) groups excluding carboxylic acids is 2. The highest BCUT2D eigenvalue weighted by Crippen LogP contribution is 2.33. The molecule has 148 valence electrons. The normalized spacial score (nSPS) is 23.5. The van der Waals surface area contributed by atoms with Gasteiger partial charge in [0.25, 0.3) is 5.97 Å². The van der Waals surface area contributed by atoms with Crippen molar-refractivity contribution in [3.63, 3.8) is 0 Å². The summed E-state index contributed by atoms with van der Waals surface area (Å²) < 4.78 is 16.5. The third kappa shape index (κ3) is 5.96. The number of esters is 2. The van der Waals surface area contributed by atoms with E-state index in [1.807, 2.05) is 12.1 Å². The Labute approximate surface area is 158 Å². The van der Waals surface area contributed by atoms with Crippen LogP contribution in [0.15, 0.2) is 24.3 Å². The largest absolute Gasteiger partial charge is 0.481 e. The molecule has 0 aliphatic carbocycles. The maximum absolute atomic E-state index is 11.4. The Morgan fingerprint density at radius 2 is 1.67 bits per heavy atom. The van der Waals surface area contributed by atoms with Crippen molar-refractivity contribution in [1.82, 2.24) is 0 Å². The molecule has 1 aromatic rings. The second-order valence-electron chi connectivity index (χ2n) is 6.41. The van der Waals surface area contributed by atoms with Crippen LogP contribution < -0.4 is 4.90 Å². The van der Waals surface area contributed by atoms with Crippen LogP contribution >= 0.6 is 0 Å². The van der Waals surface area contributed by atoms with Crippen LogP contribution in [-0.4, -0.2) is 54.6 Å². The predicted octanol–water partition coefficient (Wildman–Crippen LogP) is 1.75. The van der Waals surface area contributed by atoms with Crippen molar-refractivity contribution in [1.29, 1.82) is 0 Å². The molecular weight excluding hydrogens is 354 g/mol. The summed E-state index contributed by atoms with van der Waals surface area (Å²) in [6, 6.07) is 8.22. The predicted molar refractivity (Wildman–Crippen MR) is 96.3 cm³/mol. The maximum Gasteiger partial charge on any atom is 0.303 e. The highest BCUT2D eigenvalue weighted by Gasteiger charge is 2.39. The maximum atomic E-state index is 11.4. The van der Waals surface area contributed by atoms with Crippen LogP contribution in [0.2, 0.25) is 0 Å². The summed E-state index contributed by atoms with van der Waals surface area (Å²) in [5, 5.41) is 7.42. The van der Waals surface area contributed by atoms with Gasteiger partial charge in [-0.25, -0.2) is 0 Å². The molecule has 3 rings (SSSR count). The van der Waals surface area contributed by atoms with E-state index in [0.717, 1.165) is 25.6 Å². The lowest BCUT2D eigenvalue weighted by Crippen LogP contribution is -2.51. The number of fused-ring (bicyclic) bond motifs is 1. The summed E-state index contributed by atoms with van der Waals surface area (Å²) in [4.78, 5) is 33.8. The van der Waals surface area contributed by atoms with Crippen molar-refractivity contribution in [2.24, 2.45) is 0 Å². The van der Waals surface area contributed by atoms with E-state index in [2.05, 4.69) is 17.0 Å². The molecule has 2 aliphatic rings. The third-order valence-electron chi connectivity index (χ3n) is 4.21. The first-order valence-electron chi connectivity index (χ1n) is 8.78.